The van der Waals surface area contributed by atoms with Gasteiger partial charge in [-0.05, 0) is 42.3 Å². The zero-order valence-electron chi connectivity index (χ0n) is 14.9. The Morgan fingerprint density at radius 1 is 1.07 bits per heavy atom. The predicted octanol–water partition coefficient (Wildman–Crippen LogP) is 5.90. The van der Waals surface area contributed by atoms with Crippen LogP contribution < -0.4 is 10.1 Å². The van der Waals surface area contributed by atoms with Crippen LogP contribution in [0.3, 0.4) is 0 Å². The molecule has 0 bridgehead atoms. The Morgan fingerprint density at radius 2 is 1.78 bits per heavy atom. The fraction of sp³-hybridized carbons (Fsp3) is 0.136. The summed E-state index contributed by atoms with van der Waals surface area (Å²) in [4.78, 5) is 11.5. The number of carbonyl (C=O) groups is 1. The number of benzene rings is 3. The normalized spacial score (nSPS) is 11.6. The van der Waals surface area contributed by atoms with E-state index in [-0.39, 0.29) is 6.04 Å². The lowest BCUT2D eigenvalue weighted by Crippen LogP contribution is -2.12. The van der Waals surface area contributed by atoms with Crippen LogP contribution in [0.4, 0.5) is 5.69 Å². The molecule has 0 saturated carbocycles. The quantitative estimate of drug-likeness (QED) is 0.494. The molecule has 0 aliphatic heterocycles. The Hall–Kier alpha value is -2.79. The van der Waals surface area contributed by atoms with Crippen molar-refractivity contribution in [1.29, 1.82) is 0 Å². The number of anilines is 1. The summed E-state index contributed by atoms with van der Waals surface area (Å²) in [6.45, 7) is 2.39. The number of ether oxygens (including phenoxy) is 1. The van der Waals surface area contributed by atoms with Crippen molar-refractivity contribution < 1.29 is 14.6 Å². The van der Waals surface area contributed by atoms with Gasteiger partial charge in [-0.15, -0.1) is 0 Å². The van der Waals surface area contributed by atoms with Gasteiger partial charge in [0.05, 0.1) is 11.3 Å². The van der Waals surface area contributed by atoms with Crippen LogP contribution in [0.15, 0.2) is 77.3 Å². The second-order valence-corrected chi connectivity index (χ2v) is 7.09. The molecule has 0 aromatic heterocycles. The highest BCUT2D eigenvalue weighted by atomic mass is 79.9. The molecule has 0 radical (unpaired) electrons. The lowest BCUT2D eigenvalue weighted by atomic mass is 10.0. The standard InChI is InChI=1S/C22H20BrNO3/c1-15(18-9-5-6-10-19(18)22(25)26)24-20-13-17(23)11-12-21(20)27-14-16-7-3-2-4-8-16/h2-13,15,24H,14H2,1H3,(H,25,26). The van der Waals surface area contributed by atoms with Crippen molar-refractivity contribution in [1.82, 2.24) is 0 Å². The minimum Gasteiger partial charge on any atom is -0.487 e. The molecular weight excluding hydrogens is 406 g/mol. The molecular formula is C22H20BrNO3. The maximum Gasteiger partial charge on any atom is 0.336 e. The molecule has 0 amide bonds. The van der Waals surface area contributed by atoms with E-state index in [2.05, 4.69) is 21.2 Å². The van der Waals surface area contributed by atoms with E-state index in [0.717, 1.165) is 21.3 Å². The van der Waals surface area contributed by atoms with Crippen LogP contribution in [0.5, 0.6) is 5.75 Å². The third-order valence-electron chi connectivity index (χ3n) is 4.21. The zero-order chi connectivity index (χ0) is 19.2. The van der Waals surface area contributed by atoms with E-state index in [9.17, 15) is 9.90 Å². The van der Waals surface area contributed by atoms with Crippen LogP contribution >= 0.6 is 15.9 Å². The molecule has 4 nitrogen and oxygen atoms in total. The fourth-order valence-electron chi connectivity index (χ4n) is 2.86. The van der Waals surface area contributed by atoms with E-state index in [1.807, 2.05) is 67.6 Å². The van der Waals surface area contributed by atoms with E-state index in [0.29, 0.717) is 17.9 Å². The van der Waals surface area contributed by atoms with Gasteiger partial charge >= 0.3 is 5.97 Å². The van der Waals surface area contributed by atoms with Crippen molar-refractivity contribution in [2.75, 3.05) is 5.32 Å². The number of rotatable bonds is 7. The van der Waals surface area contributed by atoms with E-state index in [1.165, 1.54) is 0 Å². The summed E-state index contributed by atoms with van der Waals surface area (Å²) < 4.78 is 6.91. The van der Waals surface area contributed by atoms with Gasteiger partial charge in [0.15, 0.2) is 0 Å². The Balaban J connectivity index is 1.82. The van der Waals surface area contributed by atoms with Gasteiger partial charge in [0.1, 0.15) is 12.4 Å². The van der Waals surface area contributed by atoms with E-state index in [1.54, 1.807) is 12.1 Å². The summed E-state index contributed by atoms with van der Waals surface area (Å²) in [6.07, 6.45) is 0. The summed E-state index contributed by atoms with van der Waals surface area (Å²) in [7, 11) is 0. The third kappa shape index (κ3) is 4.89. The van der Waals surface area contributed by atoms with Crippen molar-refractivity contribution in [3.8, 4) is 5.75 Å². The van der Waals surface area contributed by atoms with Gasteiger partial charge in [-0.2, -0.15) is 0 Å². The van der Waals surface area contributed by atoms with Crippen LogP contribution in [-0.4, -0.2) is 11.1 Å². The number of hydrogen-bond acceptors (Lipinski definition) is 3. The smallest absolute Gasteiger partial charge is 0.336 e. The van der Waals surface area contributed by atoms with E-state index in [4.69, 9.17) is 4.74 Å². The molecule has 5 heteroatoms. The van der Waals surface area contributed by atoms with Gasteiger partial charge < -0.3 is 15.2 Å². The van der Waals surface area contributed by atoms with Crippen LogP contribution in [0.25, 0.3) is 0 Å². The van der Waals surface area contributed by atoms with E-state index >= 15 is 0 Å². The molecule has 27 heavy (non-hydrogen) atoms. The Bertz CT molecular complexity index is 928. The lowest BCUT2D eigenvalue weighted by molar-refractivity contribution is 0.0695. The Morgan fingerprint density at radius 3 is 2.52 bits per heavy atom. The zero-order valence-corrected chi connectivity index (χ0v) is 16.4. The summed E-state index contributed by atoms with van der Waals surface area (Å²) in [5, 5.41) is 12.8. The highest BCUT2D eigenvalue weighted by Gasteiger charge is 2.16. The summed E-state index contributed by atoms with van der Waals surface area (Å²) in [6, 6.07) is 22.5. The molecule has 3 aromatic carbocycles. The SMILES string of the molecule is CC(Nc1cc(Br)ccc1OCc1ccccc1)c1ccccc1C(=O)O. The number of halogens is 1. The van der Waals surface area contributed by atoms with Crippen LogP contribution in [0.1, 0.15) is 34.5 Å². The molecule has 2 N–H and O–H groups in total. The first kappa shape index (κ1) is 19.0. The van der Waals surface area contributed by atoms with Gasteiger partial charge in [0.25, 0.3) is 0 Å². The maximum atomic E-state index is 11.5. The minimum absolute atomic E-state index is 0.203. The third-order valence-corrected chi connectivity index (χ3v) is 4.70. The molecule has 0 saturated heterocycles. The fourth-order valence-corrected chi connectivity index (χ4v) is 3.22. The van der Waals surface area contributed by atoms with Gasteiger partial charge in [0, 0.05) is 10.5 Å². The number of carboxylic acids is 1. The second kappa shape index (κ2) is 8.73. The Kier molecular flexibility index (Phi) is 6.14. The molecule has 0 heterocycles. The lowest BCUT2D eigenvalue weighted by Gasteiger charge is -2.20. The van der Waals surface area contributed by atoms with Crippen molar-refractivity contribution >= 4 is 27.6 Å². The topological polar surface area (TPSA) is 58.6 Å². The summed E-state index contributed by atoms with van der Waals surface area (Å²) in [5.74, 6) is -0.226. The molecule has 1 atom stereocenters. The minimum atomic E-state index is -0.936. The van der Waals surface area contributed by atoms with Gasteiger partial charge in [-0.3, -0.25) is 0 Å². The van der Waals surface area contributed by atoms with Crippen LogP contribution in [0.2, 0.25) is 0 Å². The van der Waals surface area contributed by atoms with Gasteiger partial charge in [0.2, 0.25) is 0 Å². The van der Waals surface area contributed by atoms with Crippen molar-refractivity contribution in [3.05, 3.63) is 94.0 Å². The molecule has 0 aliphatic rings. The number of hydrogen-bond donors (Lipinski definition) is 2. The monoisotopic (exact) mass is 425 g/mol. The first-order valence-electron chi connectivity index (χ1n) is 8.59. The van der Waals surface area contributed by atoms with Gasteiger partial charge in [-0.25, -0.2) is 4.79 Å². The maximum absolute atomic E-state index is 11.5. The first-order chi connectivity index (χ1) is 13.0. The van der Waals surface area contributed by atoms with Crippen LogP contribution in [-0.2, 0) is 6.61 Å². The number of carboxylic acid groups (broad SMARTS) is 1. The molecule has 0 spiro atoms. The summed E-state index contributed by atoms with van der Waals surface area (Å²) >= 11 is 3.49. The highest BCUT2D eigenvalue weighted by Crippen LogP contribution is 2.32. The second-order valence-electron chi connectivity index (χ2n) is 6.17. The van der Waals surface area contributed by atoms with Crippen molar-refractivity contribution in [2.45, 2.75) is 19.6 Å². The van der Waals surface area contributed by atoms with E-state index < -0.39 is 5.97 Å². The number of aromatic carboxylic acids is 1. The first-order valence-corrected chi connectivity index (χ1v) is 9.39. The predicted molar refractivity (Wildman–Crippen MR) is 110 cm³/mol. The molecule has 1 unspecified atom stereocenters. The molecule has 138 valence electrons. The molecule has 3 aromatic rings. The number of nitrogens with one attached hydrogen (secondary N) is 1. The largest absolute Gasteiger partial charge is 0.487 e. The molecule has 0 aliphatic carbocycles. The van der Waals surface area contributed by atoms with Crippen molar-refractivity contribution in [2.24, 2.45) is 0 Å². The summed E-state index contributed by atoms with van der Waals surface area (Å²) in [5.41, 5.74) is 2.89. The average molecular weight is 426 g/mol. The van der Waals surface area contributed by atoms with Crippen molar-refractivity contribution in [3.63, 3.8) is 0 Å². The molecule has 0 fully saturated rings. The highest BCUT2D eigenvalue weighted by molar-refractivity contribution is 9.10. The average Bonchev–Trinajstić information content (AvgIpc) is 2.68. The Labute approximate surface area is 166 Å². The molecule has 3 rings (SSSR count). The van der Waals surface area contributed by atoms with Gasteiger partial charge in [-0.1, -0.05) is 64.5 Å². The van der Waals surface area contributed by atoms with Crippen LogP contribution in [0, 0.1) is 0 Å².